The second kappa shape index (κ2) is 12.3. The van der Waals surface area contributed by atoms with Gasteiger partial charge in [-0.1, -0.05) is 40.2 Å². The SMILES string of the molecule is CCOc1cc(/C=N\NC(=O)Cc2ccc([N+](=O)[O-])cc2)cc(Br)c1OCc1ccc(Br)cc1. The lowest BCUT2D eigenvalue weighted by Gasteiger charge is -2.14. The standard InChI is InChI=1S/C24H21Br2N3O5/c1-2-33-22-12-18(11-21(26)24(22)34-15-17-3-7-19(25)8-4-17)14-27-28-23(30)13-16-5-9-20(10-6-16)29(31)32/h3-12,14H,2,13,15H2,1H3,(H,28,30)/b27-14-. The van der Waals surface area contributed by atoms with E-state index >= 15 is 0 Å². The predicted molar refractivity (Wildman–Crippen MR) is 136 cm³/mol. The first-order valence-corrected chi connectivity index (χ1v) is 11.8. The van der Waals surface area contributed by atoms with E-state index in [-0.39, 0.29) is 18.0 Å². The molecule has 10 heteroatoms. The van der Waals surface area contributed by atoms with Gasteiger partial charge < -0.3 is 9.47 Å². The normalized spacial score (nSPS) is 10.8. The summed E-state index contributed by atoms with van der Waals surface area (Å²) in [6.45, 7) is 2.71. The maximum absolute atomic E-state index is 12.1. The number of hydrazone groups is 1. The third-order valence-electron chi connectivity index (χ3n) is 4.54. The zero-order valence-electron chi connectivity index (χ0n) is 18.2. The number of nitro benzene ring substituents is 1. The molecule has 0 aliphatic carbocycles. The van der Waals surface area contributed by atoms with Gasteiger partial charge in [0.15, 0.2) is 11.5 Å². The Labute approximate surface area is 213 Å². The summed E-state index contributed by atoms with van der Waals surface area (Å²) >= 11 is 6.94. The number of ether oxygens (including phenoxy) is 2. The van der Waals surface area contributed by atoms with Gasteiger partial charge in [0.2, 0.25) is 5.91 Å². The van der Waals surface area contributed by atoms with Crippen molar-refractivity contribution in [3.63, 3.8) is 0 Å². The smallest absolute Gasteiger partial charge is 0.269 e. The molecule has 0 fully saturated rings. The third kappa shape index (κ3) is 7.39. The summed E-state index contributed by atoms with van der Waals surface area (Å²) in [6, 6.07) is 17.2. The van der Waals surface area contributed by atoms with Gasteiger partial charge in [0.05, 0.1) is 28.6 Å². The van der Waals surface area contributed by atoms with E-state index in [1.165, 1.54) is 18.3 Å². The second-order valence-corrected chi connectivity index (χ2v) is 8.84. The Hall–Kier alpha value is -3.24. The summed E-state index contributed by atoms with van der Waals surface area (Å²) in [7, 11) is 0. The van der Waals surface area contributed by atoms with E-state index in [1.54, 1.807) is 18.2 Å². The number of benzene rings is 3. The van der Waals surface area contributed by atoms with Crippen LogP contribution in [0.1, 0.15) is 23.6 Å². The number of rotatable bonds is 10. The topological polar surface area (TPSA) is 103 Å². The first kappa shape index (κ1) is 25.4. The Morgan fingerprint density at radius 2 is 1.74 bits per heavy atom. The first-order valence-electron chi connectivity index (χ1n) is 10.2. The Morgan fingerprint density at radius 3 is 2.38 bits per heavy atom. The molecule has 3 rings (SSSR count). The van der Waals surface area contributed by atoms with Crippen LogP contribution in [-0.2, 0) is 17.8 Å². The van der Waals surface area contributed by atoms with Gasteiger partial charge in [0.1, 0.15) is 6.61 Å². The molecule has 0 aliphatic heterocycles. The second-order valence-electron chi connectivity index (χ2n) is 7.07. The molecule has 8 nitrogen and oxygen atoms in total. The van der Waals surface area contributed by atoms with Crippen molar-refractivity contribution in [3.05, 3.63) is 96.4 Å². The van der Waals surface area contributed by atoms with Gasteiger partial charge in [0.25, 0.3) is 5.69 Å². The Kier molecular flexibility index (Phi) is 9.17. The monoisotopic (exact) mass is 589 g/mol. The molecule has 3 aromatic carbocycles. The highest BCUT2D eigenvalue weighted by atomic mass is 79.9. The molecule has 0 spiro atoms. The van der Waals surface area contributed by atoms with Gasteiger partial charge in [0, 0.05) is 16.6 Å². The minimum absolute atomic E-state index is 0.0258. The van der Waals surface area contributed by atoms with Crippen LogP contribution in [0.15, 0.2) is 74.7 Å². The zero-order valence-corrected chi connectivity index (χ0v) is 21.3. The molecule has 1 N–H and O–H groups in total. The first-order chi connectivity index (χ1) is 16.4. The lowest BCUT2D eigenvalue weighted by Crippen LogP contribution is -2.19. The van der Waals surface area contributed by atoms with Crippen LogP contribution in [0.3, 0.4) is 0 Å². The van der Waals surface area contributed by atoms with Crippen LogP contribution in [0, 0.1) is 10.1 Å². The van der Waals surface area contributed by atoms with Gasteiger partial charge in [-0.2, -0.15) is 5.10 Å². The number of nitrogens with zero attached hydrogens (tertiary/aromatic N) is 2. The highest BCUT2D eigenvalue weighted by Crippen LogP contribution is 2.37. The summed E-state index contributed by atoms with van der Waals surface area (Å²) in [4.78, 5) is 22.4. The summed E-state index contributed by atoms with van der Waals surface area (Å²) in [6.07, 6.45) is 1.55. The number of hydrogen-bond acceptors (Lipinski definition) is 6. The number of amides is 1. The predicted octanol–water partition coefficient (Wildman–Crippen LogP) is 5.79. The van der Waals surface area contributed by atoms with Crippen molar-refractivity contribution in [2.45, 2.75) is 20.0 Å². The van der Waals surface area contributed by atoms with Crippen LogP contribution >= 0.6 is 31.9 Å². The Bertz CT molecular complexity index is 1180. The quantitative estimate of drug-likeness (QED) is 0.183. The lowest BCUT2D eigenvalue weighted by atomic mass is 10.1. The maximum Gasteiger partial charge on any atom is 0.269 e. The maximum atomic E-state index is 12.1. The minimum Gasteiger partial charge on any atom is -0.490 e. The van der Waals surface area contributed by atoms with Crippen molar-refractivity contribution in [2.24, 2.45) is 5.10 Å². The Morgan fingerprint density at radius 1 is 1.06 bits per heavy atom. The van der Waals surface area contributed by atoms with Crippen molar-refractivity contribution in [1.29, 1.82) is 0 Å². The van der Waals surface area contributed by atoms with E-state index in [0.29, 0.717) is 40.3 Å². The van der Waals surface area contributed by atoms with Gasteiger partial charge in [-0.25, -0.2) is 5.43 Å². The molecule has 176 valence electrons. The molecule has 1 amide bonds. The van der Waals surface area contributed by atoms with E-state index in [4.69, 9.17) is 9.47 Å². The largest absolute Gasteiger partial charge is 0.490 e. The van der Waals surface area contributed by atoms with Crippen molar-refractivity contribution in [1.82, 2.24) is 5.43 Å². The molecule has 0 radical (unpaired) electrons. The molecular weight excluding hydrogens is 570 g/mol. The van der Waals surface area contributed by atoms with E-state index in [1.807, 2.05) is 37.3 Å². The number of nitrogens with one attached hydrogen (secondary N) is 1. The molecule has 34 heavy (non-hydrogen) atoms. The average molecular weight is 591 g/mol. The van der Waals surface area contributed by atoms with Crippen LogP contribution < -0.4 is 14.9 Å². The summed E-state index contributed by atoms with van der Waals surface area (Å²) in [5.41, 5.74) is 4.79. The Balaban J connectivity index is 1.63. The van der Waals surface area contributed by atoms with Crippen LogP contribution in [0.2, 0.25) is 0 Å². The van der Waals surface area contributed by atoms with E-state index < -0.39 is 4.92 Å². The summed E-state index contributed by atoms with van der Waals surface area (Å²) in [5, 5.41) is 14.7. The molecule has 0 aromatic heterocycles. The minimum atomic E-state index is -0.486. The van der Waals surface area contributed by atoms with Gasteiger partial charge in [-0.15, -0.1) is 0 Å². The van der Waals surface area contributed by atoms with E-state index in [2.05, 4.69) is 42.4 Å². The molecule has 0 unspecified atom stereocenters. The summed E-state index contributed by atoms with van der Waals surface area (Å²) < 4.78 is 13.4. The molecule has 0 heterocycles. The van der Waals surface area contributed by atoms with Gasteiger partial charge in [-0.3, -0.25) is 14.9 Å². The number of non-ortho nitro benzene ring substituents is 1. The van der Waals surface area contributed by atoms with E-state index in [9.17, 15) is 14.9 Å². The molecule has 0 atom stereocenters. The fourth-order valence-corrected chi connectivity index (χ4v) is 3.78. The number of carbonyl (C=O) groups excluding carboxylic acids is 1. The van der Waals surface area contributed by atoms with Crippen LogP contribution in [0.5, 0.6) is 11.5 Å². The molecule has 0 saturated carbocycles. The van der Waals surface area contributed by atoms with Crippen molar-refractivity contribution in [2.75, 3.05) is 6.61 Å². The highest BCUT2D eigenvalue weighted by molar-refractivity contribution is 9.10. The number of hydrogen-bond donors (Lipinski definition) is 1. The summed E-state index contributed by atoms with van der Waals surface area (Å²) in [5.74, 6) is 0.778. The average Bonchev–Trinajstić information content (AvgIpc) is 2.80. The molecule has 0 saturated heterocycles. The highest BCUT2D eigenvalue weighted by Gasteiger charge is 2.13. The van der Waals surface area contributed by atoms with Crippen LogP contribution in [0.25, 0.3) is 0 Å². The number of carbonyl (C=O) groups is 1. The van der Waals surface area contributed by atoms with E-state index in [0.717, 1.165) is 10.0 Å². The lowest BCUT2D eigenvalue weighted by molar-refractivity contribution is -0.384. The van der Waals surface area contributed by atoms with Crippen molar-refractivity contribution >= 4 is 49.7 Å². The van der Waals surface area contributed by atoms with Crippen molar-refractivity contribution in [3.8, 4) is 11.5 Å². The molecule has 3 aromatic rings. The fourth-order valence-electron chi connectivity index (χ4n) is 2.94. The van der Waals surface area contributed by atoms with Gasteiger partial charge >= 0.3 is 0 Å². The molecular formula is C24H21Br2N3O5. The third-order valence-corrected chi connectivity index (χ3v) is 5.66. The van der Waals surface area contributed by atoms with Gasteiger partial charge in [-0.05, 0) is 63.8 Å². The fraction of sp³-hybridized carbons (Fsp3) is 0.167. The van der Waals surface area contributed by atoms with Crippen LogP contribution in [-0.4, -0.2) is 23.7 Å². The zero-order chi connectivity index (χ0) is 24.5. The molecule has 0 aliphatic rings. The number of halogens is 2. The molecule has 0 bridgehead atoms. The number of nitro groups is 1. The van der Waals surface area contributed by atoms with Crippen molar-refractivity contribution < 1.29 is 19.2 Å². The van der Waals surface area contributed by atoms with Crippen LogP contribution in [0.4, 0.5) is 5.69 Å².